The van der Waals surface area contributed by atoms with E-state index in [0.717, 1.165) is 16.7 Å². The third-order valence-electron chi connectivity index (χ3n) is 13.3. The first-order valence-corrected chi connectivity index (χ1v) is 27.6. The molecule has 4 N–H and O–H groups in total. The molecule has 2 unspecified atom stereocenters. The van der Waals surface area contributed by atoms with E-state index in [1.165, 1.54) is 0 Å². The fourth-order valence-corrected chi connectivity index (χ4v) is 12.5. The molecule has 2 atom stereocenters. The van der Waals surface area contributed by atoms with Gasteiger partial charge in [0.1, 0.15) is 17.6 Å². The summed E-state index contributed by atoms with van der Waals surface area (Å²) in [7, 11) is -13.1. The molecule has 4 aliphatic heterocycles. The normalized spacial score (nSPS) is 18.7. The maximum absolute atomic E-state index is 13.7. The first kappa shape index (κ1) is 49.7. The van der Waals surface area contributed by atoms with E-state index >= 15 is 0 Å². The molecule has 0 radical (unpaired) electrons. The third-order valence-corrected chi connectivity index (χ3v) is 15.8. The Morgan fingerprint density at radius 2 is 1.45 bits per heavy atom. The summed E-state index contributed by atoms with van der Waals surface area (Å²) in [6.07, 6.45) is 1.26. The van der Waals surface area contributed by atoms with Crippen molar-refractivity contribution in [2.45, 2.75) is 95.7 Å². The molecular weight excluding hydrogens is 947 g/mol. The second kappa shape index (κ2) is 18.9. The van der Waals surface area contributed by atoms with Gasteiger partial charge in [0.15, 0.2) is 17.0 Å². The fraction of sp³-hybridized carbons (Fsp3) is 0.429. The number of para-hydroxylation sites is 1. The van der Waals surface area contributed by atoms with Gasteiger partial charge in [0, 0.05) is 84.6 Å². The Morgan fingerprint density at radius 3 is 2.16 bits per heavy atom. The van der Waals surface area contributed by atoms with Crippen LogP contribution in [0, 0.1) is 11.8 Å². The van der Waals surface area contributed by atoms with Crippen LogP contribution in [0.4, 0.5) is 17.1 Å². The van der Waals surface area contributed by atoms with Gasteiger partial charge in [0.2, 0.25) is 17.2 Å². The number of hydrogen-bond donors (Lipinski definition) is 4. The highest BCUT2D eigenvalue weighted by molar-refractivity contribution is 7.86. The minimum absolute atomic E-state index is 0.0639. The standard InChI is InChI=1S/C49H55N5O12S3/c1-48(2)27-35(30-68(60,61)62)37-23-39-44(66-45-26-43-38(24-40(45)51-39)36(31-69(63,64)65)28-49(3,4)54(43)21-10-22-67(57,58)59)25-42(37)53(48)20-9-15-46(55)50-19-18-47(56)52-29-34-13-6-5-11-32(34)16-17-33-12-7-8-14-41(33)52/h5-8,11-14,23-26,35-36H,9-10,15,18-22,27-31H2,1-4H3,(H3-,50,55,57,58,59,60,61,62,63,64,65)/p+1. The lowest BCUT2D eigenvalue weighted by atomic mass is 9.79. The zero-order chi connectivity index (χ0) is 49.7. The average molecular weight is 1000 g/mol. The molecular formula is C49H56N5O12S3+. The summed E-state index contributed by atoms with van der Waals surface area (Å²) in [6.45, 7) is 8.69. The zero-order valence-corrected chi connectivity index (χ0v) is 41.3. The Kier molecular flexibility index (Phi) is 13.6. The maximum atomic E-state index is 13.7. The molecule has 0 fully saturated rings. The van der Waals surface area contributed by atoms with E-state index in [4.69, 9.17) is 9.73 Å². The molecule has 2 amide bonds. The smallest absolute Gasteiger partial charge is 0.265 e. The van der Waals surface area contributed by atoms with Gasteiger partial charge < -0.3 is 19.9 Å². The number of nitrogens with one attached hydrogen (secondary N) is 1. The average Bonchev–Trinajstić information content (AvgIpc) is 3.23. The first-order chi connectivity index (χ1) is 32.3. The van der Waals surface area contributed by atoms with Crippen molar-refractivity contribution in [3.63, 3.8) is 0 Å². The SMILES string of the molecule is CC1(C)CC(CS(=O)(=O)O)c2cc3c(cc2N1CCCS(=O)(=O)O)Oc1cc2c(cc1=N3)C(CS(=O)(=O)O)CC(C)(C)[N+]=2CCCC(=O)NCCC(=O)N1Cc2ccccc2C#Cc2ccccc21. The highest BCUT2D eigenvalue weighted by Gasteiger charge is 2.43. The van der Waals surface area contributed by atoms with Gasteiger partial charge in [0.05, 0.1) is 35.6 Å². The number of hydrogen-bond acceptors (Lipinski definition) is 11. The summed E-state index contributed by atoms with van der Waals surface area (Å²) in [5, 5.41) is 3.89. The number of anilines is 2. The van der Waals surface area contributed by atoms with Gasteiger partial charge in [-0.25, -0.2) is 9.57 Å². The van der Waals surface area contributed by atoms with Gasteiger partial charge in [-0.2, -0.15) is 25.3 Å². The van der Waals surface area contributed by atoms with Crippen LogP contribution in [0.1, 0.15) is 106 Å². The molecule has 20 heteroatoms. The van der Waals surface area contributed by atoms with E-state index in [0.29, 0.717) is 76.3 Å². The van der Waals surface area contributed by atoms with Crippen molar-refractivity contribution in [3.8, 4) is 23.3 Å². The number of carbonyl (C=O) groups is 2. The predicted molar refractivity (Wildman–Crippen MR) is 261 cm³/mol. The lowest BCUT2D eigenvalue weighted by molar-refractivity contribution is -0.121. The molecule has 8 rings (SSSR count). The van der Waals surface area contributed by atoms with E-state index in [1.807, 2.05) is 81.1 Å². The molecule has 0 aromatic heterocycles. The molecule has 4 aromatic carbocycles. The van der Waals surface area contributed by atoms with Crippen molar-refractivity contribution in [2.24, 2.45) is 4.99 Å². The number of amides is 2. The monoisotopic (exact) mass is 1000 g/mol. The largest absolute Gasteiger partial charge is 0.452 e. The van der Waals surface area contributed by atoms with Gasteiger partial charge in [-0.15, -0.1) is 0 Å². The topological polar surface area (TPSA) is 240 Å². The van der Waals surface area contributed by atoms with Crippen molar-refractivity contribution in [1.82, 2.24) is 9.89 Å². The molecule has 366 valence electrons. The van der Waals surface area contributed by atoms with E-state index in [1.54, 1.807) is 29.2 Å². The van der Waals surface area contributed by atoms with Gasteiger partial charge in [-0.1, -0.05) is 42.2 Å². The molecule has 0 spiro atoms. The predicted octanol–water partition coefficient (Wildman–Crippen LogP) is 4.86. The lowest BCUT2D eigenvalue weighted by Gasteiger charge is -2.48. The first-order valence-electron chi connectivity index (χ1n) is 22.8. The summed E-state index contributed by atoms with van der Waals surface area (Å²) in [4.78, 5) is 35.6. The molecule has 69 heavy (non-hydrogen) atoms. The van der Waals surface area contributed by atoms with Crippen LogP contribution in [0.15, 0.2) is 77.8 Å². The molecule has 0 saturated heterocycles. The Bertz CT molecular complexity index is 3290. The Morgan fingerprint density at radius 1 is 0.783 bits per heavy atom. The van der Waals surface area contributed by atoms with Crippen LogP contribution in [0.2, 0.25) is 0 Å². The molecule has 4 aromatic rings. The highest BCUT2D eigenvalue weighted by atomic mass is 32.2. The maximum Gasteiger partial charge on any atom is 0.265 e. The third kappa shape index (κ3) is 11.5. The van der Waals surface area contributed by atoms with Crippen molar-refractivity contribution >= 4 is 59.2 Å². The van der Waals surface area contributed by atoms with E-state index < -0.39 is 70.5 Å². The molecule has 0 aliphatic carbocycles. The van der Waals surface area contributed by atoms with Crippen LogP contribution < -0.4 is 35.1 Å². The number of ether oxygens (including phenoxy) is 1. The number of benzene rings is 4. The second-order valence-electron chi connectivity index (χ2n) is 19.4. The van der Waals surface area contributed by atoms with Gasteiger partial charge in [-0.05, 0) is 82.0 Å². The minimum atomic E-state index is -4.43. The Balaban J connectivity index is 1.05. The van der Waals surface area contributed by atoms with E-state index in [9.17, 15) is 48.5 Å². The number of nitrogens with zero attached hydrogens (tertiary/aromatic N) is 4. The van der Waals surface area contributed by atoms with Gasteiger partial charge >= 0.3 is 0 Å². The Labute approximate surface area is 402 Å². The van der Waals surface area contributed by atoms with Crippen LogP contribution in [-0.2, 0) is 46.5 Å². The number of carbonyl (C=O) groups excluding carboxylic acids is 2. The van der Waals surface area contributed by atoms with Crippen LogP contribution in [0.3, 0.4) is 0 Å². The van der Waals surface area contributed by atoms with Crippen molar-refractivity contribution in [2.75, 3.05) is 46.7 Å². The molecule has 0 bridgehead atoms. The van der Waals surface area contributed by atoms with Crippen LogP contribution in [0.25, 0.3) is 0 Å². The minimum Gasteiger partial charge on any atom is -0.452 e. The molecule has 4 heterocycles. The molecule has 4 aliphatic rings. The zero-order valence-electron chi connectivity index (χ0n) is 38.8. The van der Waals surface area contributed by atoms with Gasteiger partial charge in [-0.3, -0.25) is 23.2 Å². The summed E-state index contributed by atoms with van der Waals surface area (Å²) in [6, 6.07) is 22.1. The van der Waals surface area contributed by atoms with E-state index in [-0.39, 0.29) is 50.6 Å². The van der Waals surface area contributed by atoms with Crippen LogP contribution >= 0.6 is 0 Å². The summed E-state index contributed by atoms with van der Waals surface area (Å²) in [5.74, 6) is 3.71. The summed E-state index contributed by atoms with van der Waals surface area (Å²) in [5.41, 5.74) is 3.86. The van der Waals surface area contributed by atoms with Crippen LogP contribution in [0.5, 0.6) is 11.5 Å². The van der Waals surface area contributed by atoms with Crippen LogP contribution in [-0.4, -0.2) is 98.7 Å². The summed E-state index contributed by atoms with van der Waals surface area (Å²) < 4.78 is 111. The molecule has 17 nitrogen and oxygen atoms in total. The van der Waals surface area contributed by atoms with Crippen molar-refractivity contribution in [1.29, 1.82) is 0 Å². The summed E-state index contributed by atoms with van der Waals surface area (Å²) >= 11 is 0. The number of fused-ring (bicyclic) bond motifs is 6. The quantitative estimate of drug-likeness (QED) is 0.0624. The van der Waals surface area contributed by atoms with Gasteiger partial charge in [0.25, 0.3) is 30.4 Å². The number of rotatable bonds is 15. The van der Waals surface area contributed by atoms with E-state index in [2.05, 4.69) is 21.7 Å². The van der Waals surface area contributed by atoms with Crippen molar-refractivity contribution in [3.05, 3.63) is 111 Å². The Hall–Kier alpha value is -5.69. The molecule has 0 saturated carbocycles. The lowest BCUT2D eigenvalue weighted by Crippen LogP contribution is -2.54. The second-order valence-corrected chi connectivity index (χ2v) is 24.0. The van der Waals surface area contributed by atoms with Crippen molar-refractivity contribution < 1.29 is 53.2 Å². The fourth-order valence-electron chi connectivity index (χ4n) is 10.3. The highest BCUT2D eigenvalue weighted by Crippen LogP contribution is 2.49.